The number of carbonyl (C=O) groups is 1. The fourth-order valence-corrected chi connectivity index (χ4v) is 1.63. The fourth-order valence-electron chi connectivity index (χ4n) is 1.63. The molecule has 72 valence electrons. The van der Waals surface area contributed by atoms with E-state index in [0.29, 0.717) is 36.0 Å². The molecule has 0 fully saturated rings. The zero-order valence-electron chi connectivity index (χ0n) is 7.41. The van der Waals surface area contributed by atoms with E-state index in [4.69, 9.17) is 14.2 Å². The molecule has 0 saturated heterocycles. The van der Waals surface area contributed by atoms with E-state index in [0.717, 1.165) is 0 Å². The number of carbonyl (C=O) groups excluding carboxylic acids is 1. The van der Waals surface area contributed by atoms with Gasteiger partial charge in [-0.2, -0.15) is 0 Å². The number of Topliss-reactive ketones (excluding diaryl/α,β-unsaturated/α-hetero) is 1. The van der Waals surface area contributed by atoms with E-state index >= 15 is 0 Å². The number of hydrogen-bond donors (Lipinski definition) is 0. The quantitative estimate of drug-likeness (QED) is 0.616. The lowest BCUT2D eigenvalue weighted by molar-refractivity contribution is 0.0961. The Morgan fingerprint density at radius 1 is 0.929 bits per heavy atom. The summed E-state index contributed by atoms with van der Waals surface area (Å²) in [5.74, 6) is 1.88. The maximum atomic E-state index is 11.3. The maximum Gasteiger partial charge on any atom is 0.204 e. The molecule has 0 saturated carbocycles. The van der Waals surface area contributed by atoms with Crippen LogP contribution in [0, 0.1) is 0 Å². The third kappa shape index (κ3) is 0.968. The average Bonchev–Trinajstić information content (AvgIpc) is 2.57. The molecule has 0 amide bonds. The molecule has 0 aromatic heterocycles. The van der Waals surface area contributed by atoms with E-state index in [1.807, 2.05) is 0 Å². The molecule has 0 bridgehead atoms. The first-order valence-electron chi connectivity index (χ1n) is 4.44. The van der Waals surface area contributed by atoms with Crippen molar-refractivity contribution in [2.75, 3.05) is 19.8 Å². The van der Waals surface area contributed by atoms with Gasteiger partial charge in [0.1, 0.15) is 19.0 Å². The second-order valence-corrected chi connectivity index (χ2v) is 3.20. The van der Waals surface area contributed by atoms with E-state index in [2.05, 4.69) is 0 Å². The summed E-state index contributed by atoms with van der Waals surface area (Å²) in [5.41, 5.74) is 0.592. The fraction of sp³-hybridized carbons (Fsp3) is 0.300. The lowest BCUT2D eigenvalue weighted by atomic mass is 10.1. The van der Waals surface area contributed by atoms with Crippen molar-refractivity contribution in [3.63, 3.8) is 0 Å². The van der Waals surface area contributed by atoms with Gasteiger partial charge in [-0.1, -0.05) is 0 Å². The summed E-state index contributed by atoms with van der Waals surface area (Å²) in [4.78, 5) is 11.3. The maximum absolute atomic E-state index is 11.3. The molecule has 3 rings (SSSR count). The van der Waals surface area contributed by atoms with Crippen molar-refractivity contribution in [3.05, 3.63) is 17.7 Å². The first-order valence-corrected chi connectivity index (χ1v) is 4.44. The van der Waals surface area contributed by atoms with Crippen LogP contribution in [-0.4, -0.2) is 25.6 Å². The van der Waals surface area contributed by atoms with Gasteiger partial charge in [0, 0.05) is 6.07 Å². The Kier molecular flexibility index (Phi) is 1.45. The standard InChI is InChI=1S/C10H8O4/c11-7-5-14-8-4-10-9(3-6(7)8)12-1-2-13-10/h3-4H,1-2,5H2. The predicted molar refractivity (Wildman–Crippen MR) is 47.3 cm³/mol. The molecule has 2 aliphatic heterocycles. The Bertz CT molecular complexity index is 411. The zero-order valence-corrected chi connectivity index (χ0v) is 7.41. The van der Waals surface area contributed by atoms with Gasteiger partial charge >= 0.3 is 0 Å². The summed E-state index contributed by atoms with van der Waals surface area (Å²) in [6.07, 6.45) is 0. The summed E-state index contributed by atoms with van der Waals surface area (Å²) < 4.78 is 15.9. The van der Waals surface area contributed by atoms with E-state index in [9.17, 15) is 4.79 Å². The van der Waals surface area contributed by atoms with Crippen LogP contribution < -0.4 is 14.2 Å². The van der Waals surface area contributed by atoms with Crippen LogP contribution in [0.4, 0.5) is 0 Å². The van der Waals surface area contributed by atoms with Crippen molar-refractivity contribution >= 4 is 5.78 Å². The predicted octanol–water partition coefficient (Wildman–Crippen LogP) is 1.03. The SMILES string of the molecule is O=C1COc2cc3c(cc21)OCCO3. The van der Waals surface area contributed by atoms with E-state index < -0.39 is 0 Å². The summed E-state index contributed by atoms with van der Waals surface area (Å²) in [5, 5.41) is 0. The number of rotatable bonds is 0. The van der Waals surface area contributed by atoms with Crippen LogP contribution in [-0.2, 0) is 0 Å². The van der Waals surface area contributed by atoms with Crippen LogP contribution in [0.3, 0.4) is 0 Å². The van der Waals surface area contributed by atoms with Crippen molar-refractivity contribution in [2.45, 2.75) is 0 Å². The Morgan fingerprint density at radius 2 is 1.64 bits per heavy atom. The number of hydrogen-bond acceptors (Lipinski definition) is 4. The molecule has 0 N–H and O–H groups in total. The summed E-state index contributed by atoms with van der Waals surface area (Å²) in [7, 11) is 0. The topological polar surface area (TPSA) is 44.8 Å². The molecule has 4 nitrogen and oxygen atoms in total. The van der Waals surface area contributed by atoms with Gasteiger partial charge in [-0.25, -0.2) is 0 Å². The van der Waals surface area contributed by atoms with Crippen LogP contribution in [0.1, 0.15) is 10.4 Å². The molecule has 0 atom stereocenters. The number of ketones is 1. The monoisotopic (exact) mass is 192 g/mol. The zero-order chi connectivity index (χ0) is 9.54. The third-order valence-corrected chi connectivity index (χ3v) is 2.30. The minimum atomic E-state index is -0.00280. The summed E-state index contributed by atoms with van der Waals surface area (Å²) >= 11 is 0. The molecule has 0 unspecified atom stereocenters. The van der Waals surface area contributed by atoms with Gasteiger partial charge in [-0.3, -0.25) is 4.79 Å². The second kappa shape index (κ2) is 2.64. The van der Waals surface area contributed by atoms with Gasteiger partial charge in [-0.05, 0) is 6.07 Å². The molecule has 0 radical (unpaired) electrons. The number of fused-ring (bicyclic) bond motifs is 2. The lowest BCUT2D eigenvalue weighted by Crippen LogP contribution is -2.15. The number of ether oxygens (including phenoxy) is 3. The molecule has 2 aliphatic rings. The molecule has 1 aromatic carbocycles. The van der Waals surface area contributed by atoms with Gasteiger partial charge in [0.05, 0.1) is 5.56 Å². The van der Waals surface area contributed by atoms with Crippen molar-refractivity contribution < 1.29 is 19.0 Å². The van der Waals surface area contributed by atoms with Gasteiger partial charge in [0.2, 0.25) is 5.78 Å². The highest BCUT2D eigenvalue weighted by molar-refractivity contribution is 6.02. The van der Waals surface area contributed by atoms with Crippen LogP contribution in [0.25, 0.3) is 0 Å². The smallest absolute Gasteiger partial charge is 0.204 e. The molecule has 4 heteroatoms. The minimum absolute atomic E-state index is 0.00280. The van der Waals surface area contributed by atoms with Crippen LogP contribution in [0.5, 0.6) is 17.2 Å². The molecule has 1 aromatic rings. The van der Waals surface area contributed by atoms with Crippen molar-refractivity contribution in [2.24, 2.45) is 0 Å². The van der Waals surface area contributed by atoms with Gasteiger partial charge < -0.3 is 14.2 Å². The van der Waals surface area contributed by atoms with Crippen molar-refractivity contribution in [1.82, 2.24) is 0 Å². The van der Waals surface area contributed by atoms with E-state index in [1.54, 1.807) is 12.1 Å². The summed E-state index contributed by atoms with van der Waals surface area (Å²) in [6.45, 7) is 1.19. The first kappa shape index (κ1) is 7.67. The Balaban J connectivity index is 2.15. The Hall–Kier alpha value is -1.71. The Morgan fingerprint density at radius 3 is 2.43 bits per heavy atom. The molecular formula is C10H8O4. The highest BCUT2D eigenvalue weighted by atomic mass is 16.6. The van der Waals surface area contributed by atoms with Gasteiger partial charge in [-0.15, -0.1) is 0 Å². The van der Waals surface area contributed by atoms with E-state index in [1.165, 1.54) is 0 Å². The normalized spacial score (nSPS) is 17.6. The first-order chi connectivity index (χ1) is 6.84. The van der Waals surface area contributed by atoms with Gasteiger partial charge in [0.25, 0.3) is 0 Å². The van der Waals surface area contributed by atoms with E-state index in [-0.39, 0.29) is 12.4 Å². The Labute approximate surface area is 80.4 Å². The van der Waals surface area contributed by atoms with Crippen LogP contribution in [0.2, 0.25) is 0 Å². The third-order valence-electron chi connectivity index (χ3n) is 2.30. The van der Waals surface area contributed by atoms with Gasteiger partial charge in [0.15, 0.2) is 18.1 Å². The summed E-state index contributed by atoms with van der Waals surface area (Å²) in [6, 6.07) is 3.41. The number of benzene rings is 1. The van der Waals surface area contributed by atoms with Crippen molar-refractivity contribution in [1.29, 1.82) is 0 Å². The lowest BCUT2D eigenvalue weighted by Gasteiger charge is -2.18. The van der Waals surface area contributed by atoms with Crippen molar-refractivity contribution in [3.8, 4) is 17.2 Å². The highest BCUT2D eigenvalue weighted by Gasteiger charge is 2.25. The molecular weight excluding hydrogens is 184 g/mol. The highest BCUT2D eigenvalue weighted by Crippen LogP contribution is 2.38. The molecule has 14 heavy (non-hydrogen) atoms. The molecule has 0 spiro atoms. The molecule has 0 aliphatic carbocycles. The van der Waals surface area contributed by atoms with Crippen LogP contribution >= 0.6 is 0 Å². The average molecular weight is 192 g/mol. The minimum Gasteiger partial charge on any atom is -0.486 e. The van der Waals surface area contributed by atoms with Crippen LogP contribution in [0.15, 0.2) is 12.1 Å². The largest absolute Gasteiger partial charge is 0.486 e. The second-order valence-electron chi connectivity index (χ2n) is 3.20. The molecule has 2 heterocycles.